The molecule has 2 aromatic rings. The molecule has 0 radical (unpaired) electrons. The molecule has 0 bridgehead atoms. The monoisotopic (exact) mass is 252 g/mol. The maximum atomic E-state index is 12.5. The highest BCUT2D eigenvalue weighted by Crippen LogP contribution is 2.30. The number of pyridine rings is 1. The molecule has 0 aliphatic carbocycles. The molecule has 0 aromatic carbocycles. The Kier molecular flexibility index (Phi) is 2.79. The normalized spacial score (nSPS) is 11.3. The summed E-state index contributed by atoms with van der Waals surface area (Å²) in [4.78, 5) is 7.31. The van der Waals surface area contributed by atoms with Crippen molar-refractivity contribution in [2.75, 3.05) is 0 Å². The van der Waals surface area contributed by atoms with Crippen LogP contribution in [0.3, 0.4) is 0 Å². The number of imidazole rings is 1. The standard InChI is InChI=1S/C11H7F3N4/c1-18-6-9(11(12,13)14)17-10(18)7-2-3-8(4-15)16-5-7/h2-3,5-6H,1H3. The van der Waals surface area contributed by atoms with Gasteiger partial charge in [-0.05, 0) is 12.1 Å². The smallest absolute Gasteiger partial charge is 0.333 e. The van der Waals surface area contributed by atoms with E-state index in [1.165, 1.54) is 29.9 Å². The molecule has 0 aliphatic heterocycles. The molecule has 0 N–H and O–H groups in total. The zero-order valence-corrected chi connectivity index (χ0v) is 9.23. The molecule has 0 aliphatic rings. The van der Waals surface area contributed by atoms with E-state index in [1.54, 1.807) is 0 Å². The van der Waals surface area contributed by atoms with Crippen LogP contribution in [0.4, 0.5) is 13.2 Å². The molecule has 0 saturated carbocycles. The minimum atomic E-state index is -4.48. The van der Waals surface area contributed by atoms with Crippen LogP contribution in [0.5, 0.6) is 0 Å². The predicted octanol–water partition coefficient (Wildman–Crippen LogP) is 2.37. The van der Waals surface area contributed by atoms with Crippen LogP contribution in [0.25, 0.3) is 11.4 Å². The SMILES string of the molecule is Cn1cc(C(F)(F)F)nc1-c1ccc(C#N)nc1. The predicted molar refractivity (Wildman–Crippen MR) is 56.2 cm³/mol. The first-order valence-electron chi connectivity index (χ1n) is 4.89. The van der Waals surface area contributed by atoms with E-state index in [9.17, 15) is 13.2 Å². The van der Waals surface area contributed by atoms with Crippen LogP contribution >= 0.6 is 0 Å². The van der Waals surface area contributed by atoms with E-state index in [-0.39, 0.29) is 11.5 Å². The molecular weight excluding hydrogens is 245 g/mol. The summed E-state index contributed by atoms with van der Waals surface area (Å²) in [5.74, 6) is 0.152. The first-order valence-corrected chi connectivity index (χ1v) is 4.89. The van der Waals surface area contributed by atoms with Gasteiger partial charge in [0.2, 0.25) is 0 Å². The Labute approximate surface area is 100 Å². The summed E-state index contributed by atoms with van der Waals surface area (Å²) in [5, 5.41) is 8.58. The average Bonchev–Trinajstić information content (AvgIpc) is 2.71. The molecule has 0 spiro atoms. The Bertz CT molecular complexity index is 605. The molecule has 0 unspecified atom stereocenters. The lowest BCUT2D eigenvalue weighted by atomic mass is 10.2. The second-order valence-electron chi connectivity index (χ2n) is 3.60. The molecule has 0 saturated heterocycles. The molecule has 2 rings (SSSR count). The fraction of sp³-hybridized carbons (Fsp3) is 0.182. The molecule has 0 amide bonds. The average molecular weight is 252 g/mol. The molecule has 0 atom stereocenters. The highest BCUT2D eigenvalue weighted by Gasteiger charge is 2.34. The van der Waals surface area contributed by atoms with E-state index in [2.05, 4.69) is 9.97 Å². The molecule has 0 fully saturated rings. The number of nitrogens with zero attached hydrogens (tertiary/aromatic N) is 4. The van der Waals surface area contributed by atoms with E-state index in [1.807, 2.05) is 6.07 Å². The van der Waals surface area contributed by atoms with Gasteiger partial charge >= 0.3 is 6.18 Å². The van der Waals surface area contributed by atoms with Crippen molar-refractivity contribution >= 4 is 0 Å². The lowest BCUT2D eigenvalue weighted by Gasteiger charge is -2.00. The van der Waals surface area contributed by atoms with Crippen molar-refractivity contribution in [3.63, 3.8) is 0 Å². The topological polar surface area (TPSA) is 54.5 Å². The van der Waals surface area contributed by atoms with Crippen LogP contribution in [0.15, 0.2) is 24.5 Å². The third-order valence-electron chi connectivity index (χ3n) is 2.30. The quantitative estimate of drug-likeness (QED) is 0.782. The number of hydrogen-bond donors (Lipinski definition) is 0. The summed E-state index contributed by atoms with van der Waals surface area (Å²) in [6.45, 7) is 0. The van der Waals surface area contributed by atoms with Crippen LogP contribution < -0.4 is 0 Å². The van der Waals surface area contributed by atoms with E-state index < -0.39 is 11.9 Å². The van der Waals surface area contributed by atoms with E-state index in [0.717, 1.165) is 6.20 Å². The zero-order chi connectivity index (χ0) is 13.3. The Morgan fingerprint density at radius 2 is 2.06 bits per heavy atom. The lowest BCUT2D eigenvalue weighted by molar-refractivity contribution is -0.140. The molecular formula is C11H7F3N4. The highest BCUT2D eigenvalue weighted by atomic mass is 19.4. The van der Waals surface area contributed by atoms with E-state index in [0.29, 0.717) is 5.56 Å². The maximum absolute atomic E-state index is 12.5. The molecule has 2 aromatic heterocycles. The van der Waals surface area contributed by atoms with Crippen LogP contribution in [-0.2, 0) is 13.2 Å². The number of alkyl halides is 3. The summed E-state index contributed by atoms with van der Waals surface area (Å²) in [5.41, 5.74) is -0.333. The molecule has 92 valence electrons. The molecule has 2 heterocycles. The van der Waals surface area contributed by atoms with Gasteiger partial charge in [0, 0.05) is 25.0 Å². The van der Waals surface area contributed by atoms with Gasteiger partial charge in [-0.25, -0.2) is 9.97 Å². The van der Waals surface area contributed by atoms with Gasteiger partial charge < -0.3 is 4.57 Å². The summed E-state index contributed by atoms with van der Waals surface area (Å²) in [6, 6.07) is 4.77. The third kappa shape index (κ3) is 2.18. The maximum Gasteiger partial charge on any atom is 0.434 e. The molecule has 7 heteroatoms. The Hall–Kier alpha value is -2.36. The van der Waals surface area contributed by atoms with E-state index in [4.69, 9.17) is 5.26 Å². The molecule has 4 nitrogen and oxygen atoms in total. The Morgan fingerprint density at radius 1 is 1.33 bits per heavy atom. The van der Waals surface area contributed by atoms with Crippen molar-refractivity contribution in [1.82, 2.24) is 14.5 Å². The molecule has 18 heavy (non-hydrogen) atoms. The van der Waals surface area contributed by atoms with Gasteiger partial charge in [-0.2, -0.15) is 18.4 Å². The minimum absolute atomic E-state index is 0.152. The van der Waals surface area contributed by atoms with Gasteiger partial charge in [0.1, 0.15) is 17.6 Å². The van der Waals surface area contributed by atoms with Gasteiger partial charge in [0.05, 0.1) is 0 Å². The van der Waals surface area contributed by atoms with Crippen molar-refractivity contribution in [3.05, 3.63) is 35.9 Å². The highest BCUT2D eigenvalue weighted by molar-refractivity contribution is 5.55. The Balaban J connectivity index is 2.45. The van der Waals surface area contributed by atoms with Gasteiger partial charge in [0.15, 0.2) is 5.69 Å². The summed E-state index contributed by atoms with van der Waals surface area (Å²) in [7, 11) is 1.47. The van der Waals surface area contributed by atoms with Crippen molar-refractivity contribution in [3.8, 4) is 17.5 Å². The second-order valence-corrected chi connectivity index (χ2v) is 3.60. The fourth-order valence-corrected chi connectivity index (χ4v) is 1.46. The van der Waals surface area contributed by atoms with Crippen molar-refractivity contribution in [2.45, 2.75) is 6.18 Å². The summed E-state index contributed by atoms with van der Waals surface area (Å²) < 4.78 is 38.7. The van der Waals surface area contributed by atoms with Gasteiger partial charge in [-0.1, -0.05) is 0 Å². The number of halogens is 3. The van der Waals surface area contributed by atoms with Crippen LogP contribution in [0.1, 0.15) is 11.4 Å². The van der Waals surface area contributed by atoms with Crippen LogP contribution in [-0.4, -0.2) is 14.5 Å². The summed E-state index contributed by atoms with van der Waals surface area (Å²) in [6.07, 6.45) is -2.25. The number of aryl methyl sites for hydroxylation is 1. The third-order valence-corrected chi connectivity index (χ3v) is 2.30. The van der Waals surface area contributed by atoms with Crippen molar-refractivity contribution in [2.24, 2.45) is 7.05 Å². The fourth-order valence-electron chi connectivity index (χ4n) is 1.46. The minimum Gasteiger partial charge on any atom is -0.333 e. The Morgan fingerprint density at radius 3 is 2.50 bits per heavy atom. The van der Waals surface area contributed by atoms with Gasteiger partial charge in [-0.3, -0.25) is 0 Å². The van der Waals surface area contributed by atoms with Gasteiger partial charge in [0.25, 0.3) is 0 Å². The largest absolute Gasteiger partial charge is 0.434 e. The zero-order valence-electron chi connectivity index (χ0n) is 9.23. The van der Waals surface area contributed by atoms with Crippen LogP contribution in [0, 0.1) is 11.3 Å². The van der Waals surface area contributed by atoms with Crippen LogP contribution in [0.2, 0.25) is 0 Å². The number of aromatic nitrogens is 3. The van der Waals surface area contributed by atoms with E-state index >= 15 is 0 Å². The first-order chi connectivity index (χ1) is 8.41. The second kappa shape index (κ2) is 4.14. The van der Waals surface area contributed by atoms with Crippen molar-refractivity contribution < 1.29 is 13.2 Å². The van der Waals surface area contributed by atoms with Gasteiger partial charge in [-0.15, -0.1) is 0 Å². The summed E-state index contributed by atoms with van der Waals surface area (Å²) >= 11 is 0. The van der Waals surface area contributed by atoms with Crippen molar-refractivity contribution in [1.29, 1.82) is 5.26 Å². The lowest BCUT2D eigenvalue weighted by Crippen LogP contribution is -2.04. The number of hydrogen-bond acceptors (Lipinski definition) is 3. The first kappa shape index (κ1) is 12.1. The number of rotatable bonds is 1. The number of nitriles is 1.